The first kappa shape index (κ1) is 14.4. The van der Waals surface area contributed by atoms with Crippen LogP contribution in [0.5, 0.6) is 5.75 Å². The summed E-state index contributed by atoms with van der Waals surface area (Å²) in [5.74, 6) is 1.11. The molecule has 1 rings (SSSR count). The lowest BCUT2D eigenvalue weighted by molar-refractivity contribution is -0.125. The number of hydrogen-bond donors (Lipinski definition) is 2. The molecule has 0 spiro atoms. The van der Waals surface area contributed by atoms with Crippen molar-refractivity contribution in [2.75, 3.05) is 12.8 Å². The first-order chi connectivity index (χ1) is 8.45. The molecule has 0 saturated heterocycles. The SMILES string of the molecule is COc1ccc(N)cc1CNC(=O)C(C)C(C)C. The second-order valence-corrected chi connectivity index (χ2v) is 4.82. The van der Waals surface area contributed by atoms with Crippen LogP contribution in [0.3, 0.4) is 0 Å². The smallest absolute Gasteiger partial charge is 0.223 e. The monoisotopic (exact) mass is 250 g/mol. The van der Waals surface area contributed by atoms with Crippen LogP contribution in [0.15, 0.2) is 18.2 Å². The molecule has 0 aliphatic heterocycles. The molecule has 0 radical (unpaired) electrons. The van der Waals surface area contributed by atoms with Gasteiger partial charge in [-0.3, -0.25) is 4.79 Å². The Labute approximate surface area is 109 Å². The van der Waals surface area contributed by atoms with Crippen molar-refractivity contribution in [1.82, 2.24) is 5.32 Å². The first-order valence-electron chi connectivity index (χ1n) is 6.15. The van der Waals surface area contributed by atoms with Gasteiger partial charge in [-0.05, 0) is 24.1 Å². The molecular formula is C14H22N2O2. The summed E-state index contributed by atoms with van der Waals surface area (Å²) in [6.45, 7) is 6.43. The number of amides is 1. The van der Waals surface area contributed by atoms with Crippen LogP contribution < -0.4 is 15.8 Å². The average Bonchev–Trinajstić information content (AvgIpc) is 2.35. The Morgan fingerprint density at radius 1 is 1.39 bits per heavy atom. The van der Waals surface area contributed by atoms with Crippen molar-refractivity contribution in [2.24, 2.45) is 11.8 Å². The number of carbonyl (C=O) groups is 1. The Hall–Kier alpha value is -1.71. The Morgan fingerprint density at radius 3 is 2.61 bits per heavy atom. The van der Waals surface area contributed by atoms with Gasteiger partial charge in [0.05, 0.1) is 7.11 Å². The fourth-order valence-electron chi connectivity index (χ4n) is 1.58. The predicted octanol–water partition coefficient (Wildman–Crippen LogP) is 2.19. The molecule has 0 saturated carbocycles. The summed E-state index contributed by atoms with van der Waals surface area (Å²) in [6, 6.07) is 5.41. The minimum absolute atomic E-state index is 0.00273. The van der Waals surface area contributed by atoms with Gasteiger partial charge < -0.3 is 15.8 Å². The van der Waals surface area contributed by atoms with Gasteiger partial charge >= 0.3 is 0 Å². The minimum Gasteiger partial charge on any atom is -0.496 e. The van der Waals surface area contributed by atoms with E-state index < -0.39 is 0 Å². The number of nitrogen functional groups attached to an aromatic ring is 1. The van der Waals surface area contributed by atoms with E-state index in [0.29, 0.717) is 18.2 Å². The van der Waals surface area contributed by atoms with E-state index in [-0.39, 0.29) is 11.8 Å². The zero-order chi connectivity index (χ0) is 13.7. The van der Waals surface area contributed by atoms with Crippen LogP contribution in [0.2, 0.25) is 0 Å². The predicted molar refractivity (Wildman–Crippen MR) is 73.3 cm³/mol. The minimum atomic E-state index is -0.00273. The quantitative estimate of drug-likeness (QED) is 0.787. The Kier molecular flexibility index (Phi) is 5.01. The van der Waals surface area contributed by atoms with Crippen LogP contribution in [-0.2, 0) is 11.3 Å². The fourth-order valence-corrected chi connectivity index (χ4v) is 1.58. The van der Waals surface area contributed by atoms with Gasteiger partial charge in [0.15, 0.2) is 0 Å². The normalized spacial score (nSPS) is 12.3. The molecular weight excluding hydrogens is 228 g/mol. The maximum Gasteiger partial charge on any atom is 0.223 e. The summed E-state index contributed by atoms with van der Waals surface area (Å²) in [5.41, 5.74) is 7.28. The van der Waals surface area contributed by atoms with Crippen molar-refractivity contribution in [3.05, 3.63) is 23.8 Å². The highest BCUT2D eigenvalue weighted by Gasteiger charge is 2.16. The third-order valence-corrected chi connectivity index (χ3v) is 3.17. The van der Waals surface area contributed by atoms with Gasteiger partial charge in [-0.15, -0.1) is 0 Å². The molecule has 0 bridgehead atoms. The molecule has 0 fully saturated rings. The molecule has 1 aromatic rings. The maximum atomic E-state index is 11.9. The third kappa shape index (κ3) is 3.65. The Balaban J connectivity index is 2.68. The highest BCUT2D eigenvalue weighted by Crippen LogP contribution is 2.21. The molecule has 1 amide bonds. The number of ether oxygens (including phenoxy) is 1. The highest BCUT2D eigenvalue weighted by atomic mass is 16.5. The van der Waals surface area contributed by atoms with E-state index >= 15 is 0 Å². The number of methoxy groups -OCH3 is 1. The molecule has 3 N–H and O–H groups in total. The number of rotatable bonds is 5. The van der Waals surface area contributed by atoms with E-state index in [4.69, 9.17) is 10.5 Å². The molecule has 1 aromatic carbocycles. The Bertz CT molecular complexity index is 416. The standard InChI is InChI=1S/C14H22N2O2/c1-9(2)10(3)14(17)16-8-11-7-12(15)5-6-13(11)18-4/h5-7,9-10H,8,15H2,1-4H3,(H,16,17). The summed E-state index contributed by atoms with van der Waals surface area (Å²) in [5, 5.41) is 2.91. The molecule has 1 atom stereocenters. The van der Waals surface area contributed by atoms with Gasteiger partial charge in [0.1, 0.15) is 5.75 Å². The van der Waals surface area contributed by atoms with E-state index in [1.165, 1.54) is 0 Å². The topological polar surface area (TPSA) is 64.3 Å². The average molecular weight is 250 g/mol. The molecule has 1 unspecified atom stereocenters. The molecule has 4 nitrogen and oxygen atoms in total. The zero-order valence-corrected chi connectivity index (χ0v) is 11.5. The van der Waals surface area contributed by atoms with Crippen molar-refractivity contribution in [1.29, 1.82) is 0 Å². The maximum absolute atomic E-state index is 11.9. The lowest BCUT2D eigenvalue weighted by Gasteiger charge is -2.16. The number of nitrogens with one attached hydrogen (secondary N) is 1. The molecule has 18 heavy (non-hydrogen) atoms. The van der Waals surface area contributed by atoms with Gasteiger partial charge in [-0.2, -0.15) is 0 Å². The van der Waals surface area contributed by atoms with E-state index in [1.807, 2.05) is 32.9 Å². The van der Waals surface area contributed by atoms with E-state index in [9.17, 15) is 4.79 Å². The van der Waals surface area contributed by atoms with Crippen molar-refractivity contribution >= 4 is 11.6 Å². The van der Waals surface area contributed by atoms with E-state index in [2.05, 4.69) is 5.32 Å². The van der Waals surface area contributed by atoms with E-state index in [0.717, 1.165) is 11.3 Å². The van der Waals surface area contributed by atoms with Crippen LogP contribution in [-0.4, -0.2) is 13.0 Å². The van der Waals surface area contributed by atoms with Gasteiger partial charge in [-0.1, -0.05) is 20.8 Å². The number of carbonyl (C=O) groups excluding carboxylic acids is 1. The highest BCUT2D eigenvalue weighted by molar-refractivity contribution is 5.78. The first-order valence-corrected chi connectivity index (χ1v) is 6.15. The Morgan fingerprint density at radius 2 is 2.06 bits per heavy atom. The zero-order valence-electron chi connectivity index (χ0n) is 11.5. The number of anilines is 1. The summed E-state index contributed by atoms with van der Waals surface area (Å²) < 4.78 is 5.23. The van der Waals surface area contributed by atoms with Gasteiger partial charge in [0.25, 0.3) is 0 Å². The van der Waals surface area contributed by atoms with Crippen molar-refractivity contribution in [3.8, 4) is 5.75 Å². The summed E-state index contributed by atoms with van der Waals surface area (Å²) >= 11 is 0. The van der Waals surface area contributed by atoms with Crippen LogP contribution in [0, 0.1) is 11.8 Å². The van der Waals surface area contributed by atoms with Crippen LogP contribution in [0.25, 0.3) is 0 Å². The van der Waals surface area contributed by atoms with Crippen molar-refractivity contribution in [2.45, 2.75) is 27.3 Å². The molecule has 0 aromatic heterocycles. The van der Waals surface area contributed by atoms with Crippen LogP contribution in [0.1, 0.15) is 26.3 Å². The molecule has 4 heteroatoms. The van der Waals surface area contributed by atoms with Gasteiger partial charge in [-0.25, -0.2) is 0 Å². The molecule has 0 aliphatic rings. The van der Waals surface area contributed by atoms with Crippen LogP contribution >= 0.6 is 0 Å². The van der Waals surface area contributed by atoms with Gasteiger partial charge in [0, 0.05) is 23.7 Å². The lowest BCUT2D eigenvalue weighted by atomic mass is 9.97. The lowest BCUT2D eigenvalue weighted by Crippen LogP contribution is -2.31. The number of benzene rings is 1. The van der Waals surface area contributed by atoms with Gasteiger partial charge in [0.2, 0.25) is 5.91 Å². The molecule has 0 aliphatic carbocycles. The number of nitrogens with two attached hydrogens (primary N) is 1. The third-order valence-electron chi connectivity index (χ3n) is 3.17. The second kappa shape index (κ2) is 6.28. The number of hydrogen-bond acceptors (Lipinski definition) is 3. The van der Waals surface area contributed by atoms with E-state index in [1.54, 1.807) is 13.2 Å². The summed E-state index contributed by atoms with van der Waals surface area (Å²) in [6.07, 6.45) is 0. The van der Waals surface area contributed by atoms with Crippen molar-refractivity contribution < 1.29 is 9.53 Å². The fraction of sp³-hybridized carbons (Fsp3) is 0.500. The largest absolute Gasteiger partial charge is 0.496 e. The van der Waals surface area contributed by atoms with Crippen LogP contribution in [0.4, 0.5) is 5.69 Å². The molecule has 100 valence electrons. The summed E-state index contributed by atoms with van der Waals surface area (Å²) in [4.78, 5) is 11.9. The van der Waals surface area contributed by atoms with Crippen molar-refractivity contribution in [3.63, 3.8) is 0 Å². The molecule has 0 heterocycles. The summed E-state index contributed by atoms with van der Waals surface area (Å²) in [7, 11) is 1.60. The second-order valence-electron chi connectivity index (χ2n) is 4.82.